The van der Waals surface area contributed by atoms with Crippen molar-refractivity contribution in [3.63, 3.8) is 0 Å². The predicted molar refractivity (Wildman–Crippen MR) is 123 cm³/mol. The average molecular weight is 461 g/mol. The predicted octanol–water partition coefficient (Wildman–Crippen LogP) is 3.92. The van der Waals surface area contributed by atoms with Crippen LogP contribution >= 0.6 is 0 Å². The number of hydrogen-bond acceptors (Lipinski definition) is 6. The van der Waals surface area contributed by atoms with Crippen LogP contribution in [0.15, 0.2) is 12.3 Å². The third kappa shape index (κ3) is 4.66. The highest BCUT2D eigenvalue weighted by Gasteiger charge is 2.59. The maximum atomic E-state index is 13.5. The van der Waals surface area contributed by atoms with Gasteiger partial charge in [0.15, 0.2) is 0 Å². The fourth-order valence-electron chi connectivity index (χ4n) is 6.59. The summed E-state index contributed by atoms with van der Waals surface area (Å²) >= 11 is 0. The molecule has 0 radical (unpaired) electrons. The van der Waals surface area contributed by atoms with E-state index in [0.29, 0.717) is 23.8 Å². The first-order valence-corrected chi connectivity index (χ1v) is 11.8. The van der Waals surface area contributed by atoms with Crippen molar-refractivity contribution in [2.45, 2.75) is 88.8 Å². The van der Waals surface area contributed by atoms with Gasteiger partial charge in [-0.2, -0.15) is 5.10 Å². The quantitative estimate of drug-likeness (QED) is 0.420. The molecule has 9 nitrogen and oxygen atoms in total. The number of alkyl carbamates (subject to hydrolysis) is 1. The molecule has 0 aliphatic heterocycles. The Morgan fingerprint density at radius 3 is 2.52 bits per heavy atom. The molecule has 4 aliphatic rings. The molecule has 0 spiro atoms. The Balaban J connectivity index is 1.55. The summed E-state index contributed by atoms with van der Waals surface area (Å²) in [5.74, 6) is 0.857. The first-order valence-electron chi connectivity index (χ1n) is 11.8. The molecule has 1 heterocycles. The minimum atomic E-state index is -0.659. The number of nitrogens with one attached hydrogen (secondary N) is 2. The molecule has 4 bridgehead atoms. The van der Waals surface area contributed by atoms with Gasteiger partial charge in [-0.1, -0.05) is 13.8 Å². The van der Waals surface area contributed by atoms with E-state index in [1.807, 2.05) is 33.8 Å². The Hall–Kier alpha value is -2.39. The largest absolute Gasteiger partial charge is 0.453 e. The van der Waals surface area contributed by atoms with Crippen LogP contribution < -0.4 is 10.6 Å². The molecule has 9 heteroatoms. The lowest BCUT2D eigenvalue weighted by Crippen LogP contribution is -2.66. The van der Waals surface area contributed by atoms with Crippen LogP contribution in [-0.4, -0.2) is 50.8 Å². The number of ether oxygens (including phenoxy) is 1. The number of rotatable bonds is 7. The third-order valence-corrected chi connectivity index (χ3v) is 7.45. The monoisotopic (exact) mass is 460 g/mol. The standard InChI is InChI=1S/C24H36N4O5/c1-15(2)19-18(13-25-28(19)7-6-22(3,4)27-21(30)32-5)20(29)26-23-9-16-8-17(10-23)12-24(11-16,14-23)33-31/h6-7,13,15-17,31H,8-12,14H2,1-5H3,(H,26,29)(H,27,30)/b7-6+. The van der Waals surface area contributed by atoms with Gasteiger partial charge in [0.25, 0.3) is 5.91 Å². The maximum absolute atomic E-state index is 13.5. The lowest BCUT2D eigenvalue weighted by molar-refractivity contribution is -0.358. The smallest absolute Gasteiger partial charge is 0.407 e. The van der Waals surface area contributed by atoms with Crippen LogP contribution in [-0.2, 0) is 9.62 Å². The molecule has 3 N–H and O–H groups in total. The molecule has 1 aromatic heterocycles. The van der Waals surface area contributed by atoms with Gasteiger partial charge in [-0.3, -0.25) is 10.1 Å². The van der Waals surface area contributed by atoms with Gasteiger partial charge in [0.2, 0.25) is 0 Å². The second kappa shape index (κ2) is 8.43. The lowest BCUT2D eigenvalue weighted by atomic mass is 9.51. The second-order valence-electron chi connectivity index (χ2n) is 11.2. The fraction of sp³-hybridized carbons (Fsp3) is 0.708. The van der Waals surface area contributed by atoms with Crippen molar-refractivity contribution in [1.29, 1.82) is 0 Å². The van der Waals surface area contributed by atoms with Crippen LogP contribution in [0.2, 0.25) is 0 Å². The van der Waals surface area contributed by atoms with Gasteiger partial charge in [-0.15, -0.1) is 0 Å². The molecule has 2 atom stereocenters. The highest BCUT2D eigenvalue weighted by molar-refractivity contribution is 5.96. The highest BCUT2D eigenvalue weighted by atomic mass is 17.1. The van der Waals surface area contributed by atoms with Gasteiger partial charge >= 0.3 is 6.09 Å². The van der Waals surface area contributed by atoms with Gasteiger partial charge in [-0.25, -0.2) is 14.4 Å². The minimum absolute atomic E-state index is 0.0538. The Kier molecular flexibility index (Phi) is 6.07. The number of carbonyl (C=O) groups excluding carboxylic acids is 2. The number of methoxy groups -OCH3 is 1. The molecule has 4 aliphatic carbocycles. The van der Waals surface area contributed by atoms with E-state index in [1.165, 1.54) is 7.11 Å². The Morgan fingerprint density at radius 1 is 1.27 bits per heavy atom. The first kappa shape index (κ1) is 23.8. The lowest BCUT2D eigenvalue weighted by Gasteiger charge is -2.60. The molecule has 2 amide bonds. The molecule has 182 valence electrons. The van der Waals surface area contributed by atoms with Crippen molar-refractivity contribution < 1.29 is 24.5 Å². The molecule has 1 aromatic rings. The van der Waals surface area contributed by atoms with E-state index < -0.39 is 17.2 Å². The Bertz CT molecular complexity index is 937. The van der Waals surface area contributed by atoms with E-state index in [1.54, 1.807) is 17.1 Å². The zero-order valence-electron chi connectivity index (χ0n) is 20.2. The highest BCUT2D eigenvalue weighted by Crippen LogP contribution is 2.58. The van der Waals surface area contributed by atoms with Crippen LogP contribution in [0.4, 0.5) is 4.79 Å². The van der Waals surface area contributed by atoms with Gasteiger partial charge in [0, 0.05) is 18.2 Å². The van der Waals surface area contributed by atoms with E-state index in [-0.39, 0.29) is 17.4 Å². The number of carbonyl (C=O) groups is 2. The molecule has 4 saturated carbocycles. The van der Waals surface area contributed by atoms with Crippen LogP contribution in [0.1, 0.15) is 88.2 Å². The molecule has 4 fully saturated rings. The summed E-state index contributed by atoms with van der Waals surface area (Å²) in [6, 6.07) is 0. The van der Waals surface area contributed by atoms with Gasteiger partial charge in [-0.05, 0) is 69.8 Å². The van der Waals surface area contributed by atoms with Crippen molar-refractivity contribution in [3.05, 3.63) is 23.5 Å². The average Bonchev–Trinajstić information content (AvgIpc) is 3.15. The summed E-state index contributed by atoms with van der Waals surface area (Å²) in [5, 5.41) is 20.2. The van der Waals surface area contributed by atoms with E-state index in [2.05, 4.69) is 20.5 Å². The second-order valence-corrected chi connectivity index (χ2v) is 11.2. The number of amides is 2. The van der Waals surface area contributed by atoms with Crippen LogP contribution in [0.25, 0.3) is 6.20 Å². The van der Waals surface area contributed by atoms with E-state index >= 15 is 0 Å². The summed E-state index contributed by atoms with van der Waals surface area (Å²) in [7, 11) is 1.32. The molecular weight excluding hydrogens is 424 g/mol. The zero-order valence-corrected chi connectivity index (χ0v) is 20.2. The van der Waals surface area contributed by atoms with E-state index in [0.717, 1.165) is 37.8 Å². The molecule has 33 heavy (non-hydrogen) atoms. The van der Waals surface area contributed by atoms with Gasteiger partial charge in [0.1, 0.15) is 5.60 Å². The maximum Gasteiger partial charge on any atom is 0.407 e. The van der Waals surface area contributed by atoms with Gasteiger partial charge < -0.3 is 15.4 Å². The summed E-state index contributed by atoms with van der Waals surface area (Å²) in [6.45, 7) is 7.74. The third-order valence-electron chi connectivity index (χ3n) is 7.45. The molecule has 5 rings (SSSR count). The Labute approximate surface area is 194 Å². The van der Waals surface area contributed by atoms with Gasteiger partial charge in [0.05, 0.1) is 30.1 Å². The molecule has 0 aromatic carbocycles. The summed E-state index contributed by atoms with van der Waals surface area (Å²) in [6.07, 6.45) is 10.1. The Morgan fingerprint density at radius 2 is 1.94 bits per heavy atom. The number of hydrogen-bond donors (Lipinski definition) is 3. The van der Waals surface area contributed by atoms with Crippen molar-refractivity contribution in [1.82, 2.24) is 20.4 Å². The normalized spacial score (nSPS) is 30.8. The van der Waals surface area contributed by atoms with E-state index in [4.69, 9.17) is 4.89 Å². The van der Waals surface area contributed by atoms with Crippen molar-refractivity contribution >= 4 is 18.2 Å². The number of aromatic nitrogens is 2. The first-order chi connectivity index (χ1) is 15.5. The summed E-state index contributed by atoms with van der Waals surface area (Å²) < 4.78 is 6.37. The fourth-order valence-corrected chi connectivity index (χ4v) is 6.59. The topological polar surface area (TPSA) is 115 Å². The molecule has 2 unspecified atom stereocenters. The van der Waals surface area contributed by atoms with Crippen molar-refractivity contribution in [3.8, 4) is 0 Å². The van der Waals surface area contributed by atoms with Crippen LogP contribution in [0, 0.1) is 11.8 Å². The van der Waals surface area contributed by atoms with Crippen LogP contribution in [0.3, 0.4) is 0 Å². The minimum Gasteiger partial charge on any atom is -0.453 e. The van der Waals surface area contributed by atoms with Crippen molar-refractivity contribution in [2.75, 3.05) is 7.11 Å². The zero-order chi connectivity index (χ0) is 24.0. The summed E-state index contributed by atoms with van der Waals surface area (Å²) in [4.78, 5) is 30.1. The van der Waals surface area contributed by atoms with Crippen molar-refractivity contribution in [2.24, 2.45) is 11.8 Å². The van der Waals surface area contributed by atoms with Crippen LogP contribution in [0.5, 0.6) is 0 Å². The number of nitrogens with zero attached hydrogens (tertiary/aromatic N) is 2. The summed E-state index contributed by atoms with van der Waals surface area (Å²) in [5.41, 5.74) is -0.182. The molecular formula is C24H36N4O5. The van der Waals surface area contributed by atoms with E-state index in [9.17, 15) is 14.8 Å². The SMILES string of the molecule is COC(=O)NC(C)(C)/C=C/n1ncc(C(=O)NC23CC4CC(C2)CC(OO)(C4)C3)c1C(C)C. The molecule has 0 saturated heterocycles.